The minimum atomic E-state index is -3.46. The van der Waals surface area contributed by atoms with Crippen molar-refractivity contribution in [2.24, 2.45) is 0 Å². The number of sulfonamides is 1. The number of nitrogens with two attached hydrogens (primary N) is 1. The summed E-state index contributed by atoms with van der Waals surface area (Å²) >= 11 is 1.52. The number of nitrogens with zero attached hydrogens (tertiary/aromatic N) is 2. The topological polar surface area (TPSA) is 88.3 Å². The SMILES string of the molecule is CN(C)S(=O)(=O)c1ccc(N)c(NCc2nccs2)c1. The monoisotopic (exact) mass is 312 g/mol. The summed E-state index contributed by atoms with van der Waals surface area (Å²) in [6.45, 7) is 0.507. The molecule has 8 heteroatoms. The molecule has 0 aliphatic heterocycles. The standard InChI is InChI=1S/C12H16N4O2S2/c1-16(2)20(17,18)9-3-4-10(13)11(7-9)15-8-12-14-5-6-19-12/h3-7,15H,8,13H2,1-2H3. The van der Waals surface area contributed by atoms with Crippen LogP contribution in [-0.2, 0) is 16.6 Å². The molecule has 0 spiro atoms. The molecule has 0 radical (unpaired) electrons. The minimum absolute atomic E-state index is 0.207. The smallest absolute Gasteiger partial charge is 0.242 e. The van der Waals surface area contributed by atoms with Gasteiger partial charge in [-0.25, -0.2) is 17.7 Å². The maximum atomic E-state index is 12.1. The van der Waals surface area contributed by atoms with Gasteiger partial charge in [-0.2, -0.15) is 0 Å². The lowest BCUT2D eigenvalue weighted by molar-refractivity contribution is 0.521. The zero-order valence-electron chi connectivity index (χ0n) is 11.2. The van der Waals surface area contributed by atoms with Crippen molar-refractivity contribution in [3.63, 3.8) is 0 Å². The number of nitrogens with one attached hydrogen (secondary N) is 1. The van der Waals surface area contributed by atoms with Crippen molar-refractivity contribution in [1.82, 2.24) is 9.29 Å². The summed E-state index contributed by atoms with van der Waals surface area (Å²) in [5, 5.41) is 5.90. The van der Waals surface area contributed by atoms with Gasteiger partial charge < -0.3 is 11.1 Å². The number of hydrogen-bond acceptors (Lipinski definition) is 6. The fraction of sp³-hybridized carbons (Fsp3) is 0.250. The lowest BCUT2D eigenvalue weighted by atomic mass is 10.2. The van der Waals surface area contributed by atoms with Crippen LogP contribution in [0, 0.1) is 0 Å². The summed E-state index contributed by atoms with van der Waals surface area (Å²) in [7, 11) is -0.475. The Hall–Kier alpha value is -1.64. The van der Waals surface area contributed by atoms with Crippen molar-refractivity contribution >= 4 is 32.7 Å². The van der Waals surface area contributed by atoms with E-state index in [9.17, 15) is 8.42 Å². The van der Waals surface area contributed by atoms with E-state index in [1.807, 2.05) is 5.38 Å². The Morgan fingerprint density at radius 3 is 2.75 bits per heavy atom. The van der Waals surface area contributed by atoms with Crippen molar-refractivity contribution in [2.75, 3.05) is 25.1 Å². The van der Waals surface area contributed by atoms with E-state index in [2.05, 4.69) is 10.3 Å². The van der Waals surface area contributed by atoms with Gasteiger partial charge in [-0.05, 0) is 18.2 Å². The number of aromatic nitrogens is 1. The summed E-state index contributed by atoms with van der Waals surface area (Å²) in [4.78, 5) is 4.36. The van der Waals surface area contributed by atoms with Crippen LogP contribution in [-0.4, -0.2) is 31.8 Å². The highest BCUT2D eigenvalue weighted by atomic mass is 32.2. The molecule has 2 aromatic rings. The zero-order valence-corrected chi connectivity index (χ0v) is 12.8. The third kappa shape index (κ3) is 3.09. The molecule has 0 saturated heterocycles. The number of hydrogen-bond donors (Lipinski definition) is 2. The quantitative estimate of drug-likeness (QED) is 0.819. The van der Waals surface area contributed by atoms with Gasteiger partial charge in [0.2, 0.25) is 10.0 Å². The van der Waals surface area contributed by atoms with Crippen molar-refractivity contribution < 1.29 is 8.42 Å². The molecule has 0 aliphatic rings. The van der Waals surface area contributed by atoms with E-state index >= 15 is 0 Å². The van der Waals surface area contributed by atoms with E-state index in [0.29, 0.717) is 17.9 Å². The molecule has 0 fully saturated rings. The third-order valence-corrected chi connectivity index (χ3v) is 5.31. The Bertz CT molecular complexity index is 681. The maximum Gasteiger partial charge on any atom is 0.242 e. The summed E-state index contributed by atoms with van der Waals surface area (Å²) < 4.78 is 25.3. The van der Waals surface area contributed by atoms with Gasteiger partial charge in [0.1, 0.15) is 5.01 Å². The predicted molar refractivity (Wildman–Crippen MR) is 81.2 cm³/mol. The van der Waals surface area contributed by atoms with Gasteiger partial charge in [0.05, 0.1) is 22.8 Å². The second-order valence-corrected chi connectivity index (χ2v) is 7.45. The third-order valence-electron chi connectivity index (χ3n) is 2.72. The second kappa shape index (κ2) is 5.78. The van der Waals surface area contributed by atoms with Crippen LogP contribution in [0.4, 0.5) is 11.4 Å². The van der Waals surface area contributed by atoms with Crippen molar-refractivity contribution in [1.29, 1.82) is 0 Å². The van der Waals surface area contributed by atoms with Gasteiger partial charge >= 0.3 is 0 Å². The normalized spacial score (nSPS) is 11.8. The Morgan fingerprint density at radius 2 is 2.15 bits per heavy atom. The Labute approximate surface area is 122 Å². The van der Waals surface area contributed by atoms with Crippen LogP contribution in [0.3, 0.4) is 0 Å². The molecule has 20 heavy (non-hydrogen) atoms. The predicted octanol–water partition coefficient (Wildman–Crippen LogP) is 1.59. The molecule has 1 aromatic heterocycles. The highest BCUT2D eigenvalue weighted by molar-refractivity contribution is 7.89. The molecule has 108 valence electrons. The van der Waals surface area contributed by atoms with E-state index in [1.54, 1.807) is 12.3 Å². The van der Waals surface area contributed by atoms with Crippen LogP contribution in [0.1, 0.15) is 5.01 Å². The highest BCUT2D eigenvalue weighted by Crippen LogP contribution is 2.24. The van der Waals surface area contributed by atoms with Crippen molar-refractivity contribution in [3.05, 3.63) is 34.8 Å². The zero-order chi connectivity index (χ0) is 14.8. The first-order valence-corrected chi connectivity index (χ1v) is 8.17. The second-order valence-electron chi connectivity index (χ2n) is 4.32. The molecule has 2 rings (SSSR count). The fourth-order valence-corrected chi connectivity index (χ4v) is 3.06. The number of nitrogen functional groups attached to an aromatic ring is 1. The summed E-state index contributed by atoms with van der Waals surface area (Å²) in [5.74, 6) is 0. The highest BCUT2D eigenvalue weighted by Gasteiger charge is 2.18. The van der Waals surface area contributed by atoms with Gasteiger partial charge in [-0.3, -0.25) is 0 Å². The van der Waals surface area contributed by atoms with E-state index < -0.39 is 10.0 Å². The average Bonchev–Trinajstić information content (AvgIpc) is 2.90. The van der Waals surface area contributed by atoms with Gasteiger partial charge in [-0.1, -0.05) is 0 Å². The number of thiazole rings is 1. The molecule has 1 heterocycles. The van der Waals surface area contributed by atoms with Crippen LogP contribution in [0.25, 0.3) is 0 Å². The Kier molecular flexibility index (Phi) is 4.26. The minimum Gasteiger partial charge on any atom is -0.397 e. The molecule has 0 amide bonds. The first-order chi connectivity index (χ1) is 9.41. The molecule has 0 atom stereocenters. The molecule has 1 aromatic carbocycles. The van der Waals surface area contributed by atoms with E-state index in [4.69, 9.17) is 5.73 Å². The number of anilines is 2. The van der Waals surface area contributed by atoms with Crippen molar-refractivity contribution in [2.45, 2.75) is 11.4 Å². The molecule has 0 aliphatic carbocycles. The lowest BCUT2D eigenvalue weighted by Gasteiger charge is -2.14. The van der Waals surface area contributed by atoms with Crippen molar-refractivity contribution in [3.8, 4) is 0 Å². The first-order valence-electron chi connectivity index (χ1n) is 5.85. The first kappa shape index (κ1) is 14.8. The van der Waals surface area contributed by atoms with Crippen LogP contribution in [0.5, 0.6) is 0 Å². The number of rotatable bonds is 5. The lowest BCUT2D eigenvalue weighted by Crippen LogP contribution is -2.22. The van der Waals surface area contributed by atoms with Gasteiger partial charge in [-0.15, -0.1) is 11.3 Å². The van der Waals surface area contributed by atoms with Crippen LogP contribution in [0.2, 0.25) is 0 Å². The Morgan fingerprint density at radius 1 is 1.40 bits per heavy atom. The van der Waals surface area contributed by atoms with Gasteiger partial charge in [0.15, 0.2) is 0 Å². The van der Waals surface area contributed by atoms with E-state index in [0.717, 1.165) is 5.01 Å². The Balaban J connectivity index is 2.25. The summed E-state index contributed by atoms with van der Waals surface area (Å²) in [5.41, 5.74) is 6.95. The van der Waals surface area contributed by atoms with Gasteiger partial charge in [0.25, 0.3) is 0 Å². The van der Waals surface area contributed by atoms with E-state index in [-0.39, 0.29) is 4.90 Å². The van der Waals surface area contributed by atoms with Crippen LogP contribution < -0.4 is 11.1 Å². The largest absolute Gasteiger partial charge is 0.397 e. The number of benzene rings is 1. The molecule has 0 unspecified atom stereocenters. The molecular formula is C12H16N4O2S2. The van der Waals surface area contributed by atoms with Crippen LogP contribution >= 0.6 is 11.3 Å². The molecule has 3 N–H and O–H groups in total. The summed E-state index contributed by atoms with van der Waals surface area (Å²) in [6.07, 6.45) is 1.72. The summed E-state index contributed by atoms with van der Waals surface area (Å²) in [6, 6.07) is 4.62. The molecule has 0 bridgehead atoms. The van der Waals surface area contributed by atoms with Gasteiger partial charge in [0, 0.05) is 25.7 Å². The molecule has 0 saturated carbocycles. The maximum absolute atomic E-state index is 12.1. The average molecular weight is 312 g/mol. The molecule has 6 nitrogen and oxygen atoms in total. The van der Waals surface area contributed by atoms with E-state index in [1.165, 1.54) is 41.9 Å². The molecular weight excluding hydrogens is 296 g/mol. The fourth-order valence-electron chi connectivity index (χ4n) is 1.57. The van der Waals surface area contributed by atoms with Crippen LogP contribution in [0.15, 0.2) is 34.7 Å².